The molecular weight excluding hydrogens is 312 g/mol. The molecule has 0 N–H and O–H groups in total. The van der Waals surface area contributed by atoms with Crippen LogP contribution in [0.3, 0.4) is 0 Å². The van der Waals surface area contributed by atoms with Crippen LogP contribution in [0.1, 0.15) is 30.9 Å². The minimum absolute atomic E-state index is 0.0492. The van der Waals surface area contributed by atoms with Gasteiger partial charge in [-0.05, 0) is 24.5 Å². The number of carbonyl (C=O) groups is 2. The van der Waals surface area contributed by atoms with Crippen molar-refractivity contribution >= 4 is 11.8 Å². The van der Waals surface area contributed by atoms with Crippen molar-refractivity contribution in [3.63, 3.8) is 0 Å². The number of nitrogens with zero attached hydrogens (tertiary/aromatic N) is 2. The first-order valence-corrected chi connectivity index (χ1v) is 8.85. The van der Waals surface area contributed by atoms with Gasteiger partial charge in [0, 0.05) is 26.1 Å². The van der Waals surface area contributed by atoms with Crippen LogP contribution in [0, 0.1) is 0 Å². The van der Waals surface area contributed by atoms with Gasteiger partial charge in [0.25, 0.3) is 0 Å². The molecule has 1 saturated heterocycles. The molecule has 4 nitrogen and oxygen atoms in total. The Kier molecular flexibility index (Phi) is 5.49. The number of hydrogen-bond donors (Lipinski definition) is 0. The van der Waals surface area contributed by atoms with Crippen LogP contribution in [-0.4, -0.2) is 34.2 Å². The maximum atomic E-state index is 13.1. The summed E-state index contributed by atoms with van der Waals surface area (Å²) in [4.78, 5) is 29.0. The third kappa shape index (κ3) is 4.08. The van der Waals surface area contributed by atoms with E-state index in [0.29, 0.717) is 32.5 Å². The van der Waals surface area contributed by atoms with Gasteiger partial charge in [-0.15, -0.1) is 0 Å². The van der Waals surface area contributed by atoms with Crippen molar-refractivity contribution in [3.05, 3.63) is 71.8 Å². The standard InChI is InChI=1S/C21H24N2O2/c1-2-22(15-17-9-5-3-6-10-17)21(25)19-13-14-20(24)23(19)16-18-11-7-4-8-12-18/h3-12,19H,2,13-16H2,1H3. The molecule has 0 aromatic heterocycles. The summed E-state index contributed by atoms with van der Waals surface area (Å²) in [6.45, 7) is 3.70. The Labute approximate surface area is 149 Å². The average molecular weight is 336 g/mol. The zero-order valence-corrected chi connectivity index (χ0v) is 14.6. The van der Waals surface area contributed by atoms with Gasteiger partial charge >= 0.3 is 0 Å². The highest BCUT2D eigenvalue weighted by atomic mass is 16.2. The topological polar surface area (TPSA) is 40.6 Å². The SMILES string of the molecule is CCN(Cc1ccccc1)C(=O)C1CCC(=O)N1Cc1ccccc1. The highest BCUT2D eigenvalue weighted by molar-refractivity contribution is 5.90. The van der Waals surface area contributed by atoms with Crippen molar-refractivity contribution in [1.82, 2.24) is 9.80 Å². The van der Waals surface area contributed by atoms with Crippen LogP contribution < -0.4 is 0 Å². The van der Waals surface area contributed by atoms with E-state index in [9.17, 15) is 9.59 Å². The maximum absolute atomic E-state index is 13.1. The van der Waals surface area contributed by atoms with Crippen molar-refractivity contribution in [3.8, 4) is 0 Å². The fourth-order valence-corrected chi connectivity index (χ4v) is 3.33. The van der Waals surface area contributed by atoms with Crippen LogP contribution in [0.5, 0.6) is 0 Å². The molecule has 3 rings (SSSR count). The molecule has 0 saturated carbocycles. The number of amides is 2. The minimum atomic E-state index is -0.351. The second-order valence-corrected chi connectivity index (χ2v) is 6.40. The van der Waals surface area contributed by atoms with E-state index in [0.717, 1.165) is 11.1 Å². The Morgan fingerprint density at radius 3 is 2.24 bits per heavy atom. The smallest absolute Gasteiger partial charge is 0.245 e. The lowest BCUT2D eigenvalue weighted by molar-refractivity contribution is -0.142. The monoisotopic (exact) mass is 336 g/mol. The van der Waals surface area contributed by atoms with Crippen LogP contribution in [0.25, 0.3) is 0 Å². The fourth-order valence-electron chi connectivity index (χ4n) is 3.33. The molecule has 2 aromatic carbocycles. The van der Waals surface area contributed by atoms with Crippen molar-refractivity contribution in [2.45, 2.75) is 38.9 Å². The maximum Gasteiger partial charge on any atom is 0.245 e. The second kappa shape index (κ2) is 7.97. The largest absolute Gasteiger partial charge is 0.337 e. The lowest BCUT2D eigenvalue weighted by atomic mass is 10.1. The van der Waals surface area contributed by atoms with Gasteiger partial charge in [0.1, 0.15) is 6.04 Å². The van der Waals surface area contributed by atoms with Gasteiger partial charge < -0.3 is 9.80 Å². The summed E-state index contributed by atoms with van der Waals surface area (Å²) in [5.41, 5.74) is 2.17. The van der Waals surface area contributed by atoms with Gasteiger partial charge in [-0.1, -0.05) is 60.7 Å². The molecule has 2 amide bonds. The molecule has 1 heterocycles. The van der Waals surface area contributed by atoms with E-state index in [1.54, 1.807) is 4.90 Å². The molecular formula is C21H24N2O2. The third-order valence-electron chi connectivity index (χ3n) is 4.72. The second-order valence-electron chi connectivity index (χ2n) is 6.40. The van der Waals surface area contributed by atoms with Crippen LogP contribution in [0.15, 0.2) is 60.7 Å². The third-order valence-corrected chi connectivity index (χ3v) is 4.72. The Morgan fingerprint density at radius 2 is 1.64 bits per heavy atom. The molecule has 1 aliphatic rings. The molecule has 1 atom stereocenters. The summed E-state index contributed by atoms with van der Waals surface area (Å²) in [6.07, 6.45) is 1.06. The average Bonchev–Trinajstić information content (AvgIpc) is 3.01. The molecule has 0 bridgehead atoms. The molecule has 0 spiro atoms. The Morgan fingerprint density at radius 1 is 1.04 bits per heavy atom. The van der Waals surface area contributed by atoms with Crippen LogP contribution in [0.2, 0.25) is 0 Å². The molecule has 1 aliphatic heterocycles. The van der Waals surface area contributed by atoms with E-state index >= 15 is 0 Å². The Bertz CT molecular complexity index is 715. The van der Waals surface area contributed by atoms with E-state index in [1.165, 1.54) is 0 Å². The molecule has 1 fully saturated rings. The van der Waals surface area contributed by atoms with Crippen molar-refractivity contribution in [2.75, 3.05) is 6.54 Å². The number of rotatable bonds is 6. The van der Waals surface area contributed by atoms with Crippen LogP contribution in [0.4, 0.5) is 0 Å². The predicted octanol–water partition coefficient (Wildman–Crippen LogP) is 3.23. The highest BCUT2D eigenvalue weighted by Crippen LogP contribution is 2.24. The van der Waals surface area contributed by atoms with E-state index < -0.39 is 0 Å². The minimum Gasteiger partial charge on any atom is -0.337 e. The lowest BCUT2D eigenvalue weighted by Gasteiger charge is -2.30. The quantitative estimate of drug-likeness (QED) is 0.813. The van der Waals surface area contributed by atoms with E-state index in [4.69, 9.17) is 0 Å². The van der Waals surface area contributed by atoms with Crippen molar-refractivity contribution in [2.24, 2.45) is 0 Å². The zero-order chi connectivity index (χ0) is 17.6. The molecule has 0 radical (unpaired) electrons. The molecule has 25 heavy (non-hydrogen) atoms. The molecule has 130 valence electrons. The van der Waals surface area contributed by atoms with Gasteiger partial charge in [-0.25, -0.2) is 0 Å². The van der Waals surface area contributed by atoms with E-state index in [-0.39, 0.29) is 17.9 Å². The highest BCUT2D eigenvalue weighted by Gasteiger charge is 2.37. The van der Waals surface area contributed by atoms with Gasteiger partial charge in [-0.2, -0.15) is 0 Å². The number of likely N-dealkylation sites (N-methyl/N-ethyl adjacent to an activating group) is 1. The first-order chi connectivity index (χ1) is 12.2. The molecule has 4 heteroatoms. The molecule has 1 unspecified atom stereocenters. The number of carbonyl (C=O) groups excluding carboxylic acids is 2. The fraction of sp³-hybridized carbons (Fsp3) is 0.333. The summed E-state index contributed by atoms with van der Waals surface area (Å²) >= 11 is 0. The predicted molar refractivity (Wildman–Crippen MR) is 97.5 cm³/mol. The summed E-state index contributed by atoms with van der Waals surface area (Å²) in [6, 6.07) is 19.5. The van der Waals surface area contributed by atoms with Crippen molar-refractivity contribution < 1.29 is 9.59 Å². The van der Waals surface area contributed by atoms with Crippen molar-refractivity contribution in [1.29, 1.82) is 0 Å². The number of likely N-dealkylation sites (tertiary alicyclic amines) is 1. The van der Waals surface area contributed by atoms with Crippen LogP contribution in [-0.2, 0) is 22.7 Å². The first kappa shape index (κ1) is 17.2. The molecule has 2 aromatic rings. The first-order valence-electron chi connectivity index (χ1n) is 8.85. The van der Waals surface area contributed by atoms with E-state index in [2.05, 4.69) is 0 Å². The summed E-state index contributed by atoms with van der Waals surface area (Å²) in [7, 11) is 0. The Balaban J connectivity index is 1.73. The summed E-state index contributed by atoms with van der Waals surface area (Å²) in [5, 5.41) is 0. The van der Waals surface area contributed by atoms with E-state index in [1.807, 2.05) is 72.5 Å². The normalized spacial score (nSPS) is 16.9. The zero-order valence-electron chi connectivity index (χ0n) is 14.6. The van der Waals surface area contributed by atoms with Gasteiger partial charge in [0.15, 0.2) is 0 Å². The van der Waals surface area contributed by atoms with Gasteiger partial charge in [0.05, 0.1) is 0 Å². The molecule has 0 aliphatic carbocycles. The van der Waals surface area contributed by atoms with Gasteiger partial charge in [0.2, 0.25) is 11.8 Å². The van der Waals surface area contributed by atoms with Gasteiger partial charge in [-0.3, -0.25) is 9.59 Å². The number of hydrogen-bond acceptors (Lipinski definition) is 2. The number of benzene rings is 2. The summed E-state index contributed by atoms with van der Waals surface area (Å²) < 4.78 is 0. The summed E-state index contributed by atoms with van der Waals surface area (Å²) in [5.74, 6) is 0.117. The lowest BCUT2D eigenvalue weighted by Crippen LogP contribution is -2.46. The van der Waals surface area contributed by atoms with Crippen LogP contribution >= 0.6 is 0 Å². The Hall–Kier alpha value is -2.62.